The molecule has 104 valence electrons. The lowest BCUT2D eigenvalue weighted by molar-refractivity contribution is 0.0600. The minimum atomic E-state index is -0.436. The highest BCUT2D eigenvalue weighted by Gasteiger charge is 2.05. The second-order valence-electron chi connectivity index (χ2n) is 4.04. The van der Waals surface area contributed by atoms with E-state index in [0.717, 1.165) is 0 Å². The molecule has 0 saturated heterocycles. The molecule has 0 bridgehead atoms. The van der Waals surface area contributed by atoms with E-state index in [1.807, 2.05) is 0 Å². The number of nitrogens with one attached hydrogen (secondary N) is 1. The monoisotopic (exact) mass is 294 g/mol. The number of benzene rings is 1. The van der Waals surface area contributed by atoms with Gasteiger partial charge in [0.1, 0.15) is 5.82 Å². The number of carbonyl (C=O) groups excluding carboxylic acids is 1. The standard InChI is InChI=1S/C14H12ClFN2O2/c1-20-14(19)9-2-3-12(17-7-9)8-18-13-5-10(15)4-11(16)6-13/h2-7,18H,8H2,1H3. The van der Waals surface area contributed by atoms with Crippen LogP contribution in [-0.2, 0) is 11.3 Å². The lowest BCUT2D eigenvalue weighted by Crippen LogP contribution is -2.05. The van der Waals surface area contributed by atoms with Gasteiger partial charge >= 0.3 is 5.97 Å². The molecule has 0 atom stereocenters. The van der Waals surface area contributed by atoms with Crippen LogP contribution in [0.5, 0.6) is 0 Å². The maximum atomic E-state index is 13.1. The Balaban J connectivity index is 2.02. The highest BCUT2D eigenvalue weighted by atomic mass is 35.5. The third-order valence-corrected chi connectivity index (χ3v) is 2.80. The summed E-state index contributed by atoms with van der Waals surface area (Å²) in [4.78, 5) is 15.4. The van der Waals surface area contributed by atoms with Gasteiger partial charge in [-0.1, -0.05) is 11.6 Å². The molecule has 0 saturated carbocycles. The smallest absolute Gasteiger partial charge is 0.339 e. The van der Waals surface area contributed by atoms with E-state index in [4.69, 9.17) is 11.6 Å². The second kappa shape index (κ2) is 6.34. The zero-order valence-corrected chi connectivity index (χ0v) is 11.4. The van der Waals surface area contributed by atoms with Crippen LogP contribution in [0.1, 0.15) is 16.1 Å². The summed E-state index contributed by atoms with van der Waals surface area (Å²) in [5.41, 5.74) is 1.65. The molecule has 0 fully saturated rings. The molecule has 1 aromatic carbocycles. The van der Waals surface area contributed by atoms with Gasteiger partial charge in [-0.2, -0.15) is 0 Å². The fraction of sp³-hybridized carbons (Fsp3) is 0.143. The van der Waals surface area contributed by atoms with Crippen LogP contribution in [0.15, 0.2) is 36.5 Å². The van der Waals surface area contributed by atoms with Crippen molar-refractivity contribution in [2.45, 2.75) is 6.54 Å². The van der Waals surface area contributed by atoms with Crippen molar-refractivity contribution >= 4 is 23.3 Å². The number of anilines is 1. The van der Waals surface area contributed by atoms with Crippen LogP contribution in [-0.4, -0.2) is 18.1 Å². The third-order valence-electron chi connectivity index (χ3n) is 2.58. The van der Waals surface area contributed by atoms with Gasteiger partial charge in [0.05, 0.1) is 24.9 Å². The van der Waals surface area contributed by atoms with Gasteiger partial charge < -0.3 is 10.1 Å². The number of nitrogens with zero attached hydrogens (tertiary/aromatic N) is 1. The summed E-state index contributed by atoms with van der Waals surface area (Å²) in [6.07, 6.45) is 1.43. The molecule has 20 heavy (non-hydrogen) atoms. The van der Waals surface area contributed by atoms with E-state index >= 15 is 0 Å². The van der Waals surface area contributed by atoms with Crippen molar-refractivity contribution in [2.75, 3.05) is 12.4 Å². The number of esters is 1. The van der Waals surface area contributed by atoms with E-state index in [1.165, 1.54) is 25.4 Å². The van der Waals surface area contributed by atoms with Crippen molar-refractivity contribution in [1.82, 2.24) is 4.98 Å². The molecule has 6 heteroatoms. The van der Waals surface area contributed by atoms with E-state index in [2.05, 4.69) is 15.0 Å². The molecular formula is C14H12ClFN2O2. The Morgan fingerprint density at radius 3 is 2.80 bits per heavy atom. The van der Waals surface area contributed by atoms with Crippen LogP contribution in [0.4, 0.5) is 10.1 Å². The number of hydrogen-bond donors (Lipinski definition) is 1. The summed E-state index contributed by atoms with van der Waals surface area (Å²) in [7, 11) is 1.31. The van der Waals surface area contributed by atoms with Gasteiger partial charge in [-0.3, -0.25) is 4.98 Å². The first-order valence-electron chi connectivity index (χ1n) is 5.81. The number of halogens is 2. The van der Waals surface area contributed by atoms with Crippen molar-refractivity contribution in [2.24, 2.45) is 0 Å². The summed E-state index contributed by atoms with van der Waals surface area (Å²) in [6, 6.07) is 7.51. The molecule has 0 unspecified atom stereocenters. The quantitative estimate of drug-likeness (QED) is 0.879. The molecule has 1 heterocycles. The normalized spacial score (nSPS) is 10.2. The third kappa shape index (κ3) is 3.68. The van der Waals surface area contributed by atoms with E-state index in [0.29, 0.717) is 28.5 Å². The van der Waals surface area contributed by atoms with Crippen LogP contribution in [0.3, 0.4) is 0 Å². The Morgan fingerprint density at radius 2 is 2.20 bits per heavy atom. The van der Waals surface area contributed by atoms with Crippen molar-refractivity contribution in [1.29, 1.82) is 0 Å². The van der Waals surface area contributed by atoms with Crippen LogP contribution in [0.25, 0.3) is 0 Å². The summed E-state index contributed by atoms with van der Waals surface area (Å²) >= 11 is 5.76. The Morgan fingerprint density at radius 1 is 1.40 bits per heavy atom. The molecule has 2 aromatic rings. The summed E-state index contributed by atoms with van der Waals surface area (Å²) < 4.78 is 17.7. The molecule has 0 radical (unpaired) electrons. The number of pyridine rings is 1. The fourth-order valence-corrected chi connectivity index (χ4v) is 1.84. The van der Waals surface area contributed by atoms with Crippen LogP contribution < -0.4 is 5.32 Å². The average Bonchev–Trinajstić information content (AvgIpc) is 2.44. The topological polar surface area (TPSA) is 51.2 Å². The number of aromatic nitrogens is 1. The van der Waals surface area contributed by atoms with Crippen molar-refractivity contribution < 1.29 is 13.9 Å². The molecule has 0 spiro atoms. The van der Waals surface area contributed by atoms with Crippen LogP contribution in [0.2, 0.25) is 5.02 Å². The van der Waals surface area contributed by atoms with E-state index < -0.39 is 11.8 Å². The molecule has 1 N–H and O–H groups in total. The lowest BCUT2D eigenvalue weighted by Gasteiger charge is -2.07. The number of carbonyl (C=O) groups is 1. The summed E-state index contributed by atoms with van der Waals surface area (Å²) in [5.74, 6) is -0.845. The SMILES string of the molecule is COC(=O)c1ccc(CNc2cc(F)cc(Cl)c2)nc1. The van der Waals surface area contributed by atoms with Crippen molar-refractivity contribution in [3.63, 3.8) is 0 Å². The highest BCUT2D eigenvalue weighted by Crippen LogP contribution is 2.18. The minimum Gasteiger partial charge on any atom is -0.465 e. The molecular weight excluding hydrogens is 283 g/mol. The molecule has 0 aliphatic heterocycles. The van der Waals surface area contributed by atoms with Crippen LogP contribution >= 0.6 is 11.6 Å². The van der Waals surface area contributed by atoms with Crippen molar-refractivity contribution in [3.05, 3.63) is 58.6 Å². The molecule has 0 amide bonds. The fourth-order valence-electron chi connectivity index (χ4n) is 1.62. The second-order valence-corrected chi connectivity index (χ2v) is 4.48. The predicted molar refractivity (Wildman–Crippen MR) is 74.3 cm³/mol. The maximum Gasteiger partial charge on any atom is 0.339 e. The minimum absolute atomic E-state index is 0.321. The zero-order chi connectivity index (χ0) is 14.5. The molecule has 1 aromatic heterocycles. The van der Waals surface area contributed by atoms with Gasteiger partial charge in [-0.25, -0.2) is 9.18 Å². The van der Waals surface area contributed by atoms with Gasteiger partial charge in [-0.05, 0) is 30.3 Å². The first-order valence-corrected chi connectivity index (χ1v) is 6.19. The largest absolute Gasteiger partial charge is 0.465 e. The predicted octanol–water partition coefficient (Wildman–Crippen LogP) is 3.27. The van der Waals surface area contributed by atoms with Gasteiger partial charge in [0, 0.05) is 16.9 Å². The lowest BCUT2D eigenvalue weighted by atomic mass is 10.2. The Hall–Kier alpha value is -2.14. The number of ether oxygens (including phenoxy) is 1. The molecule has 0 aliphatic carbocycles. The average molecular weight is 295 g/mol. The van der Waals surface area contributed by atoms with Crippen LogP contribution in [0, 0.1) is 5.82 Å². The zero-order valence-electron chi connectivity index (χ0n) is 10.7. The number of hydrogen-bond acceptors (Lipinski definition) is 4. The Labute approximate surface area is 120 Å². The number of rotatable bonds is 4. The summed E-state index contributed by atoms with van der Waals surface area (Å²) in [6.45, 7) is 0.390. The Bertz CT molecular complexity index is 597. The van der Waals surface area contributed by atoms with E-state index in [1.54, 1.807) is 18.2 Å². The first-order chi connectivity index (χ1) is 9.58. The maximum absolute atomic E-state index is 13.1. The van der Waals surface area contributed by atoms with Gasteiger partial charge in [0.2, 0.25) is 0 Å². The Kier molecular flexibility index (Phi) is 4.53. The van der Waals surface area contributed by atoms with Crippen molar-refractivity contribution in [3.8, 4) is 0 Å². The molecule has 2 rings (SSSR count). The van der Waals surface area contributed by atoms with Gasteiger partial charge in [0.15, 0.2) is 0 Å². The molecule has 4 nitrogen and oxygen atoms in total. The van der Waals surface area contributed by atoms with E-state index in [-0.39, 0.29) is 0 Å². The van der Waals surface area contributed by atoms with Gasteiger partial charge in [-0.15, -0.1) is 0 Å². The summed E-state index contributed by atoms with van der Waals surface area (Å²) in [5, 5.41) is 3.32. The molecule has 0 aliphatic rings. The first kappa shape index (κ1) is 14.3. The van der Waals surface area contributed by atoms with E-state index in [9.17, 15) is 9.18 Å². The highest BCUT2D eigenvalue weighted by molar-refractivity contribution is 6.30. The van der Waals surface area contributed by atoms with Gasteiger partial charge in [0.25, 0.3) is 0 Å². The number of methoxy groups -OCH3 is 1.